The zero-order valence-electron chi connectivity index (χ0n) is 12.6. The highest BCUT2D eigenvalue weighted by Gasteiger charge is 2.32. The molecule has 2 unspecified atom stereocenters. The summed E-state index contributed by atoms with van der Waals surface area (Å²) in [5.41, 5.74) is 0. The monoisotopic (exact) mass is 267 g/mol. The molecule has 19 heavy (non-hydrogen) atoms. The van der Waals surface area contributed by atoms with Crippen molar-refractivity contribution in [2.24, 2.45) is 5.92 Å². The van der Waals surface area contributed by atoms with Gasteiger partial charge >= 0.3 is 0 Å². The lowest BCUT2D eigenvalue weighted by molar-refractivity contribution is -0.136. The van der Waals surface area contributed by atoms with Crippen molar-refractivity contribution in [3.63, 3.8) is 0 Å². The number of carbonyl (C=O) groups excluding carboxylic acids is 1. The van der Waals surface area contributed by atoms with Gasteiger partial charge in [0.2, 0.25) is 5.91 Å². The SMILES string of the molecule is CC(C)CN(C(=O)C1CNC(C)CN1)C1CCCC1. The highest BCUT2D eigenvalue weighted by Crippen LogP contribution is 2.25. The van der Waals surface area contributed by atoms with Crippen molar-refractivity contribution >= 4 is 5.91 Å². The van der Waals surface area contributed by atoms with Gasteiger partial charge in [-0.15, -0.1) is 0 Å². The molecule has 1 aliphatic carbocycles. The summed E-state index contributed by atoms with van der Waals surface area (Å²) in [6.45, 7) is 9.10. The van der Waals surface area contributed by atoms with Gasteiger partial charge in [0.25, 0.3) is 0 Å². The van der Waals surface area contributed by atoms with Gasteiger partial charge in [-0.2, -0.15) is 0 Å². The quantitative estimate of drug-likeness (QED) is 0.808. The molecule has 1 heterocycles. The first kappa shape index (κ1) is 14.8. The smallest absolute Gasteiger partial charge is 0.241 e. The third-order valence-electron chi connectivity index (χ3n) is 4.25. The van der Waals surface area contributed by atoms with Crippen LogP contribution in [0.4, 0.5) is 0 Å². The first-order valence-corrected chi connectivity index (χ1v) is 7.85. The number of carbonyl (C=O) groups is 1. The van der Waals surface area contributed by atoms with E-state index in [2.05, 4.69) is 36.3 Å². The van der Waals surface area contributed by atoms with Crippen molar-refractivity contribution in [2.75, 3.05) is 19.6 Å². The van der Waals surface area contributed by atoms with E-state index in [4.69, 9.17) is 0 Å². The summed E-state index contributed by atoms with van der Waals surface area (Å²) >= 11 is 0. The van der Waals surface area contributed by atoms with Crippen molar-refractivity contribution in [3.8, 4) is 0 Å². The fourth-order valence-corrected chi connectivity index (χ4v) is 3.19. The molecule has 1 saturated heterocycles. The van der Waals surface area contributed by atoms with Crippen molar-refractivity contribution in [3.05, 3.63) is 0 Å². The maximum Gasteiger partial charge on any atom is 0.241 e. The molecule has 0 aromatic rings. The molecule has 2 N–H and O–H groups in total. The standard InChI is InChI=1S/C15H29N3O/c1-11(2)10-18(13-6-4-5-7-13)15(19)14-9-16-12(3)8-17-14/h11-14,16-17H,4-10H2,1-3H3. The molecule has 0 aromatic carbocycles. The third-order valence-corrected chi connectivity index (χ3v) is 4.25. The number of nitrogens with one attached hydrogen (secondary N) is 2. The van der Waals surface area contributed by atoms with E-state index in [1.807, 2.05) is 0 Å². The lowest BCUT2D eigenvalue weighted by atomic mass is 10.1. The normalized spacial score (nSPS) is 28.8. The van der Waals surface area contributed by atoms with Crippen molar-refractivity contribution in [1.29, 1.82) is 0 Å². The van der Waals surface area contributed by atoms with Crippen LogP contribution in [0.2, 0.25) is 0 Å². The van der Waals surface area contributed by atoms with Crippen LogP contribution >= 0.6 is 0 Å². The Morgan fingerprint density at radius 2 is 1.89 bits per heavy atom. The lowest BCUT2D eigenvalue weighted by Gasteiger charge is -2.36. The van der Waals surface area contributed by atoms with E-state index in [9.17, 15) is 4.79 Å². The van der Waals surface area contributed by atoms with Crippen LogP contribution in [0.15, 0.2) is 0 Å². The Hall–Kier alpha value is -0.610. The first-order valence-electron chi connectivity index (χ1n) is 7.85. The zero-order chi connectivity index (χ0) is 13.8. The highest BCUT2D eigenvalue weighted by molar-refractivity contribution is 5.82. The van der Waals surface area contributed by atoms with Gasteiger partial charge in [0.15, 0.2) is 0 Å². The summed E-state index contributed by atoms with van der Waals surface area (Å²) < 4.78 is 0. The van der Waals surface area contributed by atoms with E-state index in [1.165, 1.54) is 25.7 Å². The van der Waals surface area contributed by atoms with E-state index >= 15 is 0 Å². The Morgan fingerprint density at radius 1 is 1.21 bits per heavy atom. The minimum absolute atomic E-state index is 0.0319. The van der Waals surface area contributed by atoms with Gasteiger partial charge in [0.1, 0.15) is 0 Å². The Bertz CT molecular complexity index is 292. The number of hydrogen-bond donors (Lipinski definition) is 2. The molecule has 4 nitrogen and oxygen atoms in total. The predicted molar refractivity (Wildman–Crippen MR) is 78.1 cm³/mol. The van der Waals surface area contributed by atoms with E-state index in [0.717, 1.165) is 19.6 Å². The molecule has 4 heteroatoms. The van der Waals surface area contributed by atoms with Gasteiger partial charge in [0, 0.05) is 31.7 Å². The number of nitrogens with zero attached hydrogens (tertiary/aromatic N) is 1. The summed E-state index contributed by atoms with van der Waals surface area (Å²) in [6.07, 6.45) is 4.93. The lowest BCUT2D eigenvalue weighted by Crippen LogP contribution is -2.60. The zero-order valence-corrected chi connectivity index (χ0v) is 12.6. The second-order valence-corrected chi connectivity index (χ2v) is 6.59. The fraction of sp³-hybridized carbons (Fsp3) is 0.933. The van der Waals surface area contributed by atoms with Crippen LogP contribution < -0.4 is 10.6 Å². The minimum Gasteiger partial charge on any atom is -0.338 e. The Labute approximate surface area is 117 Å². The molecule has 1 saturated carbocycles. The van der Waals surface area contributed by atoms with Crippen LogP contribution in [0.5, 0.6) is 0 Å². The van der Waals surface area contributed by atoms with E-state index < -0.39 is 0 Å². The molecule has 0 spiro atoms. The Morgan fingerprint density at radius 3 is 2.42 bits per heavy atom. The fourth-order valence-electron chi connectivity index (χ4n) is 3.19. The second-order valence-electron chi connectivity index (χ2n) is 6.59. The number of amides is 1. The number of rotatable bonds is 4. The van der Waals surface area contributed by atoms with Crippen LogP contribution in [0.3, 0.4) is 0 Å². The van der Waals surface area contributed by atoms with Crippen molar-refractivity contribution in [1.82, 2.24) is 15.5 Å². The van der Waals surface area contributed by atoms with E-state index in [-0.39, 0.29) is 6.04 Å². The molecule has 0 bridgehead atoms. The van der Waals surface area contributed by atoms with Gasteiger partial charge in [-0.1, -0.05) is 26.7 Å². The predicted octanol–water partition coefficient (Wildman–Crippen LogP) is 1.36. The topological polar surface area (TPSA) is 44.4 Å². The Kier molecular flexibility index (Phi) is 5.22. The second kappa shape index (κ2) is 6.71. The van der Waals surface area contributed by atoms with Crippen molar-refractivity contribution < 1.29 is 4.79 Å². The largest absolute Gasteiger partial charge is 0.338 e. The van der Waals surface area contributed by atoms with Crippen LogP contribution in [-0.4, -0.2) is 48.6 Å². The molecule has 1 amide bonds. The molecule has 2 atom stereocenters. The third kappa shape index (κ3) is 3.93. The minimum atomic E-state index is -0.0319. The van der Waals surface area contributed by atoms with Gasteiger partial charge in [-0.25, -0.2) is 0 Å². The maximum atomic E-state index is 12.8. The molecule has 110 valence electrons. The van der Waals surface area contributed by atoms with Crippen LogP contribution in [-0.2, 0) is 4.79 Å². The van der Waals surface area contributed by atoms with Gasteiger partial charge in [-0.3, -0.25) is 4.79 Å². The summed E-state index contributed by atoms with van der Waals surface area (Å²) in [5, 5.41) is 6.79. The molecule has 2 aliphatic rings. The molecular weight excluding hydrogens is 238 g/mol. The average molecular weight is 267 g/mol. The van der Waals surface area contributed by atoms with E-state index in [1.54, 1.807) is 0 Å². The molecule has 0 radical (unpaired) electrons. The summed E-state index contributed by atoms with van der Waals surface area (Å²) in [5.74, 6) is 0.847. The summed E-state index contributed by atoms with van der Waals surface area (Å²) in [4.78, 5) is 14.9. The van der Waals surface area contributed by atoms with Gasteiger partial charge < -0.3 is 15.5 Å². The summed E-state index contributed by atoms with van der Waals surface area (Å²) in [7, 11) is 0. The summed E-state index contributed by atoms with van der Waals surface area (Å²) in [6, 6.07) is 0.917. The number of hydrogen-bond acceptors (Lipinski definition) is 3. The van der Waals surface area contributed by atoms with E-state index in [0.29, 0.717) is 23.9 Å². The van der Waals surface area contributed by atoms with Gasteiger partial charge in [-0.05, 0) is 25.7 Å². The highest BCUT2D eigenvalue weighted by atomic mass is 16.2. The van der Waals surface area contributed by atoms with Crippen molar-refractivity contribution in [2.45, 2.75) is 64.6 Å². The first-order chi connectivity index (χ1) is 9.08. The average Bonchev–Trinajstić information content (AvgIpc) is 2.89. The molecule has 0 aromatic heterocycles. The molecule has 1 aliphatic heterocycles. The van der Waals surface area contributed by atoms with Crippen LogP contribution in [0.25, 0.3) is 0 Å². The molecular formula is C15H29N3O. The number of piperazine rings is 1. The molecule has 2 rings (SSSR count). The van der Waals surface area contributed by atoms with Gasteiger partial charge in [0.05, 0.1) is 6.04 Å². The Balaban J connectivity index is 1.98. The maximum absolute atomic E-state index is 12.8. The van der Waals surface area contributed by atoms with Crippen LogP contribution in [0, 0.1) is 5.92 Å². The van der Waals surface area contributed by atoms with Crippen LogP contribution in [0.1, 0.15) is 46.5 Å². The molecule has 2 fully saturated rings.